The van der Waals surface area contributed by atoms with Gasteiger partial charge in [-0.3, -0.25) is 0 Å². The lowest BCUT2D eigenvalue weighted by Gasteiger charge is -2.38. The summed E-state index contributed by atoms with van der Waals surface area (Å²) in [5.74, 6) is 0.924. The smallest absolute Gasteiger partial charge is 0.128 e. The van der Waals surface area contributed by atoms with Gasteiger partial charge in [0.15, 0.2) is 0 Å². The molecule has 1 saturated carbocycles. The van der Waals surface area contributed by atoms with Crippen LogP contribution in [0.4, 0.5) is 0 Å². The van der Waals surface area contributed by atoms with Gasteiger partial charge in [0.05, 0.1) is 18.3 Å². The number of hydrogen-bond acceptors (Lipinski definition) is 3. The summed E-state index contributed by atoms with van der Waals surface area (Å²) in [6.07, 6.45) is 5.77. The molecule has 0 radical (unpaired) electrons. The second-order valence-electron chi connectivity index (χ2n) is 5.73. The van der Waals surface area contributed by atoms with Crippen LogP contribution in [0.5, 0.6) is 5.75 Å². The SMILES string of the molecule is COC1CCCC(O)(c2cccc3c2OCCC3)C1. The lowest BCUT2D eigenvalue weighted by atomic mass is 9.77. The van der Waals surface area contributed by atoms with Gasteiger partial charge in [-0.15, -0.1) is 0 Å². The first-order valence-electron chi connectivity index (χ1n) is 7.23. The molecule has 3 heteroatoms. The lowest BCUT2D eigenvalue weighted by molar-refractivity contribution is -0.0646. The highest BCUT2D eigenvalue weighted by molar-refractivity contribution is 5.46. The number of fused-ring (bicyclic) bond motifs is 1. The molecular formula is C16H22O3. The molecule has 1 heterocycles. The summed E-state index contributed by atoms with van der Waals surface area (Å²) in [6, 6.07) is 6.16. The Bertz CT molecular complexity index is 457. The van der Waals surface area contributed by atoms with Crippen molar-refractivity contribution >= 4 is 0 Å². The molecule has 1 aromatic carbocycles. The van der Waals surface area contributed by atoms with E-state index in [4.69, 9.17) is 9.47 Å². The first kappa shape index (κ1) is 12.9. The monoisotopic (exact) mass is 262 g/mol. The predicted molar refractivity (Wildman–Crippen MR) is 73.4 cm³/mol. The average Bonchev–Trinajstić information content (AvgIpc) is 2.46. The maximum Gasteiger partial charge on any atom is 0.128 e. The van der Waals surface area contributed by atoms with E-state index >= 15 is 0 Å². The molecule has 1 aliphatic heterocycles. The van der Waals surface area contributed by atoms with Crippen LogP contribution in [0.15, 0.2) is 18.2 Å². The minimum absolute atomic E-state index is 0.151. The standard InChI is InChI=1S/C16H22O3/c1-18-13-7-3-9-16(17,11-13)14-8-2-5-12-6-4-10-19-15(12)14/h2,5,8,13,17H,3-4,6-7,9-11H2,1H3. The second kappa shape index (κ2) is 5.14. The van der Waals surface area contributed by atoms with Crippen molar-refractivity contribution in [3.63, 3.8) is 0 Å². The van der Waals surface area contributed by atoms with Crippen LogP contribution in [-0.4, -0.2) is 24.9 Å². The zero-order valence-electron chi connectivity index (χ0n) is 11.5. The second-order valence-corrected chi connectivity index (χ2v) is 5.73. The molecule has 2 aliphatic rings. The van der Waals surface area contributed by atoms with E-state index in [1.807, 2.05) is 12.1 Å². The van der Waals surface area contributed by atoms with E-state index in [0.717, 1.165) is 50.0 Å². The van der Waals surface area contributed by atoms with E-state index in [1.165, 1.54) is 5.56 Å². The van der Waals surface area contributed by atoms with Gasteiger partial charge in [0.25, 0.3) is 0 Å². The van der Waals surface area contributed by atoms with Crippen molar-refractivity contribution in [2.24, 2.45) is 0 Å². The number of methoxy groups -OCH3 is 1. The molecule has 0 spiro atoms. The average molecular weight is 262 g/mol. The minimum Gasteiger partial charge on any atom is -0.493 e. The van der Waals surface area contributed by atoms with E-state index < -0.39 is 5.60 Å². The van der Waals surface area contributed by atoms with E-state index in [0.29, 0.717) is 6.42 Å². The molecule has 2 unspecified atom stereocenters. The molecule has 0 aromatic heterocycles. The van der Waals surface area contributed by atoms with Crippen LogP contribution in [0, 0.1) is 0 Å². The molecule has 3 rings (SSSR count). The molecule has 1 N–H and O–H groups in total. The van der Waals surface area contributed by atoms with Crippen LogP contribution in [0.2, 0.25) is 0 Å². The third-order valence-electron chi connectivity index (χ3n) is 4.45. The van der Waals surface area contributed by atoms with Gasteiger partial charge in [0.2, 0.25) is 0 Å². The largest absolute Gasteiger partial charge is 0.493 e. The van der Waals surface area contributed by atoms with Gasteiger partial charge in [0, 0.05) is 19.1 Å². The van der Waals surface area contributed by atoms with Crippen LogP contribution in [0.3, 0.4) is 0 Å². The van der Waals surface area contributed by atoms with E-state index in [-0.39, 0.29) is 6.10 Å². The number of benzene rings is 1. The molecule has 1 fully saturated rings. The molecule has 2 atom stereocenters. The van der Waals surface area contributed by atoms with Crippen molar-refractivity contribution in [3.05, 3.63) is 29.3 Å². The van der Waals surface area contributed by atoms with Crippen LogP contribution in [-0.2, 0) is 16.8 Å². The maximum atomic E-state index is 11.0. The number of rotatable bonds is 2. The highest BCUT2D eigenvalue weighted by Crippen LogP contribution is 2.44. The summed E-state index contributed by atoms with van der Waals surface area (Å²) >= 11 is 0. The summed E-state index contributed by atoms with van der Waals surface area (Å²) in [4.78, 5) is 0. The summed E-state index contributed by atoms with van der Waals surface area (Å²) in [5, 5.41) is 11.0. The Balaban J connectivity index is 1.96. The molecule has 1 aromatic rings. The highest BCUT2D eigenvalue weighted by Gasteiger charge is 2.39. The predicted octanol–water partition coefficient (Wildman–Crippen LogP) is 2.79. The fourth-order valence-corrected chi connectivity index (χ4v) is 3.40. The fraction of sp³-hybridized carbons (Fsp3) is 0.625. The van der Waals surface area contributed by atoms with Gasteiger partial charge >= 0.3 is 0 Å². The Morgan fingerprint density at radius 3 is 3.11 bits per heavy atom. The van der Waals surface area contributed by atoms with Crippen LogP contribution in [0.1, 0.15) is 43.2 Å². The third kappa shape index (κ3) is 2.37. The van der Waals surface area contributed by atoms with Crippen LogP contribution < -0.4 is 4.74 Å². The van der Waals surface area contributed by atoms with Gasteiger partial charge in [-0.25, -0.2) is 0 Å². The number of ether oxygens (including phenoxy) is 2. The third-order valence-corrected chi connectivity index (χ3v) is 4.45. The number of aliphatic hydroxyl groups is 1. The van der Waals surface area contributed by atoms with Crippen molar-refractivity contribution < 1.29 is 14.6 Å². The number of para-hydroxylation sites is 1. The van der Waals surface area contributed by atoms with Gasteiger partial charge in [0.1, 0.15) is 5.75 Å². The summed E-state index contributed by atoms with van der Waals surface area (Å²) in [5.41, 5.74) is 1.41. The van der Waals surface area contributed by atoms with Gasteiger partial charge < -0.3 is 14.6 Å². The molecule has 1 aliphatic carbocycles. The number of hydrogen-bond donors (Lipinski definition) is 1. The maximum absolute atomic E-state index is 11.0. The lowest BCUT2D eigenvalue weighted by Crippen LogP contribution is -2.36. The molecule has 19 heavy (non-hydrogen) atoms. The first-order valence-corrected chi connectivity index (χ1v) is 7.23. The topological polar surface area (TPSA) is 38.7 Å². The Kier molecular flexibility index (Phi) is 3.50. The zero-order chi connectivity index (χ0) is 13.3. The van der Waals surface area contributed by atoms with Crippen molar-refractivity contribution in [2.75, 3.05) is 13.7 Å². The van der Waals surface area contributed by atoms with Crippen molar-refractivity contribution in [2.45, 2.75) is 50.2 Å². The van der Waals surface area contributed by atoms with Gasteiger partial charge in [-0.2, -0.15) is 0 Å². The fourth-order valence-electron chi connectivity index (χ4n) is 3.40. The summed E-state index contributed by atoms with van der Waals surface area (Å²) in [6.45, 7) is 0.758. The van der Waals surface area contributed by atoms with Gasteiger partial charge in [-0.05, 0) is 37.7 Å². The molecule has 0 bridgehead atoms. The molecule has 0 saturated heterocycles. The number of aryl methyl sites for hydroxylation is 1. The zero-order valence-corrected chi connectivity index (χ0v) is 11.5. The molecule has 3 nitrogen and oxygen atoms in total. The molecular weight excluding hydrogens is 240 g/mol. The van der Waals surface area contributed by atoms with Crippen LogP contribution in [0.25, 0.3) is 0 Å². The van der Waals surface area contributed by atoms with Crippen LogP contribution >= 0.6 is 0 Å². The van der Waals surface area contributed by atoms with E-state index in [2.05, 4.69) is 6.07 Å². The Morgan fingerprint density at radius 2 is 2.26 bits per heavy atom. The van der Waals surface area contributed by atoms with E-state index in [9.17, 15) is 5.11 Å². The van der Waals surface area contributed by atoms with Crippen molar-refractivity contribution in [3.8, 4) is 5.75 Å². The van der Waals surface area contributed by atoms with Crippen molar-refractivity contribution in [1.29, 1.82) is 0 Å². The Morgan fingerprint density at radius 1 is 1.37 bits per heavy atom. The summed E-state index contributed by atoms with van der Waals surface area (Å²) < 4.78 is 11.3. The van der Waals surface area contributed by atoms with Gasteiger partial charge in [-0.1, -0.05) is 18.2 Å². The van der Waals surface area contributed by atoms with E-state index in [1.54, 1.807) is 7.11 Å². The molecule has 104 valence electrons. The quantitative estimate of drug-likeness (QED) is 0.890. The first-order chi connectivity index (χ1) is 9.23. The Hall–Kier alpha value is -1.06. The molecule has 0 amide bonds. The Labute approximate surface area is 114 Å². The summed E-state index contributed by atoms with van der Waals surface area (Å²) in [7, 11) is 1.73. The highest BCUT2D eigenvalue weighted by atomic mass is 16.5. The minimum atomic E-state index is -0.790. The van der Waals surface area contributed by atoms with Crippen molar-refractivity contribution in [1.82, 2.24) is 0 Å². The normalized spacial score (nSPS) is 30.5.